The molecule has 0 amide bonds. The number of hydrogen-bond acceptors (Lipinski definition) is 2. The Morgan fingerprint density at radius 3 is 2.58 bits per heavy atom. The Morgan fingerprint density at radius 2 is 1.96 bits per heavy atom. The number of carboxylic acids is 1. The lowest BCUT2D eigenvalue weighted by atomic mass is 9.95. The number of hydrogen-bond donors (Lipinski definition) is 1. The number of nitrogens with zero attached hydrogens (tertiary/aromatic N) is 2. The Morgan fingerprint density at radius 1 is 1.17 bits per heavy atom. The molecular formula is C19H17FN2O2. The molecule has 0 aliphatic carbocycles. The Hall–Kier alpha value is -2.95. The zero-order valence-corrected chi connectivity index (χ0v) is 13.0. The van der Waals surface area contributed by atoms with Crippen LogP contribution >= 0.6 is 0 Å². The Labute approximate surface area is 139 Å². The van der Waals surface area contributed by atoms with Gasteiger partial charge in [0.25, 0.3) is 0 Å². The number of aromatic nitrogens is 2. The first-order chi connectivity index (χ1) is 11.7. The van der Waals surface area contributed by atoms with Gasteiger partial charge >= 0.3 is 5.97 Å². The van der Waals surface area contributed by atoms with Crippen molar-refractivity contribution < 1.29 is 14.3 Å². The van der Waals surface area contributed by atoms with Crippen LogP contribution in [-0.4, -0.2) is 27.3 Å². The Bertz CT molecular complexity index is 827. The van der Waals surface area contributed by atoms with Crippen molar-refractivity contribution in [1.82, 2.24) is 9.55 Å². The second kappa shape index (κ2) is 7.08. The van der Waals surface area contributed by atoms with E-state index in [1.807, 2.05) is 29.0 Å². The summed E-state index contributed by atoms with van der Waals surface area (Å²) >= 11 is 0. The smallest absolute Gasteiger partial charge is 0.335 e. The minimum absolute atomic E-state index is 0.249. The first-order valence-corrected chi connectivity index (χ1v) is 7.70. The first-order valence-electron chi connectivity index (χ1n) is 7.70. The van der Waals surface area contributed by atoms with E-state index in [0.717, 1.165) is 22.4 Å². The number of halogens is 1. The van der Waals surface area contributed by atoms with Crippen LogP contribution in [0.2, 0.25) is 0 Å². The van der Waals surface area contributed by atoms with Crippen molar-refractivity contribution in [2.24, 2.45) is 0 Å². The van der Waals surface area contributed by atoms with Gasteiger partial charge in [-0.1, -0.05) is 18.2 Å². The maximum atomic E-state index is 12.6. The van der Waals surface area contributed by atoms with Gasteiger partial charge in [0, 0.05) is 18.1 Å². The molecule has 3 aromatic rings. The van der Waals surface area contributed by atoms with Crippen LogP contribution in [0.5, 0.6) is 0 Å². The summed E-state index contributed by atoms with van der Waals surface area (Å²) in [6.45, 7) is -0.368. The van der Waals surface area contributed by atoms with Gasteiger partial charge in [-0.2, -0.15) is 0 Å². The van der Waals surface area contributed by atoms with Crippen LogP contribution in [0.4, 0.5) is 4.39 Å². The highest BCUT2D eigenvalue weighted by Gasteiger charge is 2.09. The van der Waals surface area contributed by atoms with Crippen molar-refractivity contribution in [3.05, 3.63) is 72.3 Å². The van der Waals surface area contributed by atoms with Crippen LogP contribution in [0.3, 0.4) is 0 Å². The zero-order valence-electron chi connectivity index (χ0n) is 13.0. The molecule has 0 saturated heterocycles. The van der Waals surface area contributed by atoms with Gasteiger partial charge in [-0.3, -0.25) is 4.39 Å². The molecule has 0 aliphatic heterocycles. The van der Waals surface area contributed by atoms with Gasteiger partial charge in [-0.15, -0.1) is 0 Å². The SMILES string of the molecule is O=C(O)c1ccc(-c2ccc(-n3ccnc3)cc2CCCF)cc1. The van der Waals surface area contributed by atoms with Crippen molar-refractivity contribution >= 4 is 5.97 Å². The van der Waals surface area contributed by atoms with E-state index in [0.29, 0.717) is 12.8 Å². The van der Waals surface area contributed by atoms with Gasteiger partial charge in [0.2, 0.25) is 0 Å². The standard InChI is InChI=1S/C19H17FN2O2/c20-9-1-2-16-12-17(22-11-10-21-13-22)7-8-18(16)14-3-5-15(6-4-14)19(23)24/h3-8,10-13H,1-2,9H2,(H,23,24). The average Bonchev–Trinajstić information content (AvgIpc) is 3.14. The second-order valence-electron chi connectivity index (χ2n) is 5.49. The third-order valence-electron chi connectivity index (χ3n) is 3.91. The highest BCUT2D eigenvalue weighted by atomic mass is 19.1. The van der Waals surface area contributed by atoms with E-state index in [-0.39, 0.29) is 12.2 Å². The fraction of sp³-hybridized carbons (Fsp3) is 0.158. The largest absolute Gasteiger partial charge is 0.478 e. The first kappa shape index (κ1) is 15.9. The normalized spacial score (nSPS) is 10.7. The third kappa shape index (κ3) is 3.35. The highest BCUT2D eigenvalue weighted by molar-refractivity contribution is 5.88. The van der Waals surface area contributed by atoms with E-state index in [2.05, 4.69) is 4.98 Å². The molecule has 0 bridgehead atoms. The summed E-state index contributed by atoms with van der Waals surface area (Å²) in [5.41, 5.74) is 4.16. The summed E-state index contributed by atoms with van der Waals surface area (Å²) in [4.78, 5) is 15.0. The lowest BCUT2D eigenvalue weighted by Gasteiger charge is -2.13. The van der Waals surface area contributed by atoms with Gasteiger partial charge in [-0.25, -0.2) is 9.78 Å². The van der Waals surface area contributed by atoms with Crippen molar-refractivity contribution in [3.63, 3.8) is 0 Å². The molecule has 122 valence electrons. The predicted octanol–water partition coefficient (Wildman–Crippen LogP) is 4.14. The van der Waals surface area contributed by atoms with Gasteiger partial charge in [0.15, 0.2) is 0 Å². The molecule has 0 atom stereocenters. The molecule has 0 radical (unpaired) electrons. The number of imidazole rings is 1. The summed E-state index contributed by atoms with van der Waals surface area (Å²) in [6, 6.07) is 12.7. The van der Waals surface area contributed by atoms with E-state index in [4.69, 9.17) is 5.11 Å². The topological polar surface area (TPSA) is 55.1 Å². The Kier molecular flexibility index (Phi) is 4.70. The molecule has 0 fully saturated rings. The number of aryl methyl sites for hydroxylation is 1. The van der Waals surface area contributed by atoms with Crippen LogP contribution in [0.1, 0.15) is 22.3 Å². The third-order valence-corrected chi connectivity index (χ3v) is 3.91. The van der Waals surface area contributed by atoms with Crippen LogP contribution in [0, 0.1) is 0 Å². The summed E-state index contributed by atoms with van der Waals surface area (Å²) in [5.74, 6) is -0.949. The second-order valence-corrected chi connectivity index (χ2v) is 5.49. The van der Waals surface area contributed by atoms with Crippen molar-refractivity contribution in [1.29, 1.82) is 0 Å². The fourth-order valence-electron chi connectivity index (χ4n) is 2.69. The van der Waals surface area contributed by atoms with Crippen molar-refractivity contribution in [2.75, 3.05) is 6.67 Å². The van der Waals surface area contributed by atoms with E-state index in [1.165, 1.54) is 0 Å². The van der Waals surface area contributed by atoms with Crippen LogP contribution in [-0.2, 0) is 6.42 Å². The minimum Gasteiger partial charge on any atom is -0.478 e. The maximum Gasteiger partial charge on any atom is 0.335 e. The summed E-state index contributed by atoms with van der Waals surface area (Å²) < 4.78 is 14.5. The van der Waals surface area contributed by atoms with Crippen LogP contribution < -0.4 is 0 Å². The van der Waals surface area contributed by atoms with Crippen LogP contribution in [0.15, 0.2) is 61.2 Å². The number of benzene rings is 2. The number of aromatic carboxylic acids is 1. The molecule has 1 aromatic heterocycles. The molecule has 1 heterocycles. The molecule has 0 saturated carbocycles. The zero-order chi connectivity index (χ0) is 16.9. The molecular weight excluding hydrogens is 307 g/mol. The molecule has 4 nitrogen and oxygen atoms in total. The fourth-order valence-corrected chi connectivity index (χ4v) is 2.69. The summed E-state index contributed by atoms with van der Waals surface area (Å²) in [6.07, 6.45) is 6.35. The molecule has 1 N–H and O–H groups in total. The summed E-state index contributed by atoms with van der Waals surface area (Å²) in [5, 5.41) is 9.01. The minimum atomic E-state index is -0.949. The van der Waals surface area contributed by atoms with Gasteiger partial charge < -0.3 is 9.67 Å². The average molecular weight is 324 g/mol. The monoisotopic (exact) mass is 324 g/mol. The molecule has 0 unspecified atom stereocenters. The van der Waals surface area contributed by atoms with E-state index < -0.39 is 5.97 Å². The number of alkyl halides is 1. The summed E-state index contributed by atoms with van der Waals surface area (Å²) in [7, 11) is 0. The van der Waals surface area contributed by atoms with E-state index in [1.54, 1.807) is 36.8 Å². The molecule has 24 heavy (non-hydrogen) atoms. The van der Waals surface area contributed by atoms with E-state index in [9.17, 15) is 9.18 Å². The molecule has 0 spiro atoms. The maximum absolute atomic E-state index is 12.6. The van der Waals surface area contributed by atoms with Crippen molar-refractivity contribution in [2.45, 2.75) is 12.8 Å². The van der Waals surface area contributed by atoms with Crippen molar-refractivity contribution in [3.8, 4) is 16.8 Å². The van der Waals surface area contributed by atoms with Crippen LogP contribution in [0.25, 0.3) is 16.8 Å². The molecule has 3 rings (SSSR count). The Balaban J connectivity index is 2.00. The number of carbonyl (C=O) groups is 1. The molecule has 2 aromatic carbocycles. The number of rotatable bonds is 6. The van der Waals surface area contributed by atoms with Gasteiger partial charge in [-0.05, 0) is 53.8 Å². The molecule has 5 heteroatoms. The highest BCUT2D eigenvalue weighted by Crippen LogP contribution is 2.27. The van der Waals surface area contributed by atoms with Gasteiger partial charge in [0.1, 0.15) is 0 Å². The number of carboxylic acid groups (broad SMARTS) is 1. The van der Waals surface area contributed by atoms with Gasteiger partial charge in [0.05, 0.1) is 18.6 Å². The molecule has 0 aliphatic rings. The lowest BCUT2D eigenvalue weighted by molar-refractivity contribution is 0.0697. The van der Waals surface area contributed by atoms with E-state index >= 15 is 0 Å². The predicted molar refractivity (Wildman–Crippen MR) is 90.3 cm³/mol. The quantitative estimate of drug-likeness (QED) is 0.741. The lowest BCUT2D eigenvalue weighted by Crippen LogP contribution is -1.98.